The lowest BCUT2D eigenvalue weighted by Crippen LogP contribution is -1.97. The lowest BCUT2D eigenvalue weighted by atomic mass is 10.3. The molecule has 1 aromatic heterocycles. The van der Waals surface area contributed by atoms with Gasteiger partial charge in [0.05, 0.1) is 18.3 Å². The second kappa shape index (κ2) is 5.18. The summed E-state index contributed by atoms with van der Waals surface area (Å²) in [6.45, 7) is 0. The Morgan fingerprint density at radius 2 is 2.00 bits per heavy atom. The zero-order chi connectivity index (χ0) is 13.1. The number of methoxy groups -OCH3 is 1. The summed E-state index contributed by atoms with van der Waals surface area (Å²) in [5.74, 6) is -0.622. The first-order chi connectivity index (χ1) is 8.60. The molecule has 0 aliphatic carbocycles. The molecule has 0 atom stereocenters. The molecule has 0 radical (unpaired) electrons. The van der Waals surface area contributed by atoms with Gasteiger partial charge < -0.3 is 10.1 Å². The lowest BCUT2D eigenvalue weighted by molar-refractivity contribution is 0.385. The summed E-state index contributed by atoms with van der Waals surface area (Å²) >= 11 is 5.64. The molecule has 1 N–H and O–H groups in total. The molecule has 2 aromatic rings. The van der Waals surface area contributed by atoms with Crippen molar-refractivity contribution >= 4 is 23.1 Å². The first-order valence-electron chi connectivity index (χ1n) is 5.02. The number of hydrogen-bond donors (Lipinski definition) is 1. The third-order valence-corrected chi connectivity index (χ3v) is 2.52. The molecule has 18 heavy (non-hydrogen) atoms. The summed E-state index contributed by atoms with van der Waals surface area (Å²) < 4.78 is 30.9. The van der Waals surface area contributed by atoms with Crippen LogP contribution in [0.1, 0.15) is 0 Å². The number of aromatic nitrogens is 1. The summed E-state index contributed by atoms with van der Waals surface area (Å²) in [5, 5.41) is 2.86. The molecule has 0 aliphatic rings. The molecule has 0 unspecified atom stereocenters. The molecule has 2 rings (SSSR count). The zero-order valence-corrected chi connectivity index (χ0v) is 10.1. The van der Waals surface area contributed by atoms with Crippen molar-refractivity contribution in [2.24, 2.45) is 0 Å². The van der Waals surface area contributed by atoms with Gasteiger partial charge in [-0.3, -0.25) is 0 Å². The van der Waals surface area contributed by atoms with E-state index in [0.29, 0.717) is 11.5 Å². The van der Waals surface area contributed by atoms with Gasteiger partial charge in [0.1, 0.15) is 11.6 Å². The molecule has 0 amide bonds. The van der Waals surface area contributed by atoms with Crippen molar-refractivity contribution in [3.8, 4) is 5.75 Å². The second-order valence-corrected chi connectivity index (χ2v) is 3.87. The van der Waals surface area contributed by atoms with E-state index in [1.165, 1.54) is 31.4 Å². The topological polar surface area (TPSA) is 34.1 Å². The SMILES string of the molecule is COc1cc(Nc2ccc(F)c(Cl)c2)ncc1F. The van der Waals surface area contributed by atoms with Crippen LogP contribution in [0, 0.1) is 11.6 Å². The maximum Gasteiger partial charge on any atom is 0.183 e. The number of hydrogen-bond acceptors (Lipinski definition) is 3. The van der Waals surface area contributed by atoms with Gasteiger partial charge in [-0.15, -0.1) is 0 Å². The average molecular weight is 271 g/mol. The van der Waals surface area contributed by atoms with E-state index >= 15 is 0 Å². The molecule has 0 spiro atoms. The summed E-state index contributed by atoms with van der Waals surface area (Å²) in [4.78, 5) is 3.83. The Morgan fingerprint density at radius 3 is 2.67 bits per heavy atom. The van der Waals surface area contributed by atoms with Crippen LogP contribution in [0.2, 0.25) is 5.02 Å². The van der Waals surface area contributed by atoms with Crippen molar-refractivity contribution in [1.29, 1.82) is 0 Å². The Morgan fingerprint density at radius 1 is 1.22 bits per heavy atom. The number of ether oxygens (including phenoxy) is 1. The van der Waals surface area contributed by atoms with E-state index in [9.17, 15) is 8.78 Å². The van der Waals surface area contributed by atoms with Crippen LogP contribution < -0.4 is 10.1 Å². The summed E-state index contributed by atoms with van der Waals surface area (Å²) in [7, 11) is 1.36. The first kappa shape index (κ1) is 12.6. The highest BCUT2D eigenvalue weighted by Crippen LogP contribution is 2.24. The minimum atomic E-state index is -0.555. The number of halogens is 3. The van der Waals surface area contributed by atoms with Gasteiger partial charge >= 0.3 is 0 Å². The van der Waals surface area contributed by atoms with E-state index in [1.807, 2.05) is 0 Å². The summed E-state index contributed by atoms with van der Waals surface area (Å²) in [5.41, 5.74) is 0.544. The largest absolute Gasteiger partial charge is 0.493 e. The normalized spacial score (nSPS) is 10.2. The maximum atomic E-state index is 13.1. The Labute approximate surface area is 107 Å². The Bertz CT molecular complexity index is 578. The van der Waals surface area contributed by atoms with Gasteiger partial charge in [0, 0.05) is 11.8 Å². The molecule has 0 aliphatic heterocycles. The van der Waals surface area contributed by atoms with Gasteiger partial charge in [0.15, 0.2) is 11.6 Å². The second-order valence-electron chi connectivity index (χ2n) is 3.46. The average Bonchev–Trinajstić information content (AvgIpc) is 2.36. The maximum absolute atomic E-state index is 13.1. The minimum absolute atomic E-state index is 0.00548. The molecule has 0 saturated heterocycles. The van der Waals surface area contributed by atoms with Gasteiger partial charge in [-0.25, -0.2) is 13.8 Å². The molecule has 1 heterocycles. The molecule has 94 valence electrons. The third-order valence-electron chi connectivity index (χ3n) is 2.23. The van der Waals surface area contributed by atoms with Crippen LogP contribution in [0.5, 0.6) is 5.75 Å². The van der Waals surface area contributed by atoms with E-state index in [2.05, 4.69) is 10.3 Å². The smallest absolute Gasteiger partial charge is 0.183 e. The third kappa shape index (κ3) is 2.68. The fraction of sp³-hybridized carbons (Fsp3) is 0.0833. The lowest BCUT2D eigenvalue weighted by Gasteiger charge is -2.08. The fourth-order valence-corrected chi connectivity index (χ4v) is 1.55. The standard InChI is InChI=1S/C12H9ClF2N2O/c1-18-11-5-12(16-6-10(11)15)17-7-2-3-9(14)8(13)4-7/h2-6H,1H3,(H,16,17). The number of benzene rings is 1. The monoisotopic (exact) mass is 270 g/mol. The highest BCUT2D eigenvalue weighted by molar-refractivity contribution is 6.31. The van der Waals surface area contributed by atoms with Crippen molar-refractivity contribution in [2.45, 2.75) is 0 Å². The zero-order valence-electron chi connectivity index (χ0n) is 9.38. The molecule has 0 saturated carbocycles. The Kier molecular flexibility index (Phi) is 3.62. The van der Waals surface area contributed by atoms with Crippen molar-refractivity contribution < 1.29 is 13.5 Å². The molecule has 6 heteroatoms. The number of nitrogens with one attached hydrogen (secondary N) is 1. The molecule has 1 aromatic carbocycles. The molecular weight excluding hydrogens is 262 g/mol. The summed E-state index contributed by atoms with van der Waals surface area (Å²) in [6, 6.07) is 5.53. The Balaban J connectivity index is 2.25. The van der Waals surface area contributed by atoms with Crippen molar-refractivity contribution in [3.05, 3.63) is 47.1 Å². The predicted molar refractivity (Wildman–Crippen MR) is 65.4 cm³/mol. The van der Waals surface area contributed by atoms with E-state index in [0.717, 1.165) is 6.20 Å². The number of nitrogens with zero attached hydrogens (tertiary/aromatic N) is 1. The molecule has 0 bridgehead atoms. The fourth-order valence-electron chi connectivity index (χ4n) is 1.37. The molecular formula is C12H9ClF2N2O. The van der Waals surface area contributed by atoms with E-state index in [1.54, 1.807) is 0 Å². The quantitative estimate of drug-likeness (QED) is 0.922. The van der Waals surface area contributed by atoms with E-state index in [4.69, 9.17) is 16.3 Å². The van der Waals surface area contributed by atoms with Crippen LogP contribution in [-0.4, -0.2) is 12.1 Å². The Hall–Kier alpha value is -1.88. The number of pyridine rings is 1. The minimum Gasteiger partial charge on any atom is -0.493 e. The van der Waals surface area contributed by atoms with Gasteiger partial charge in [0.2, 0.25) is 0 Å². The van der Waals surface area contributed by atoms with Gasteiger partial charge in [-0.2, -0.15) is 0 Å². The van der Waals surface area contributed by atoms with Gasteiger partial charge in [0.25, 0.3) is 0 Å². The van der Waals surface area contributed by atoms with Crippen molar-refractivity contribution in [3.63, 3.8) is 0 Å². The number of anilines is 2. The van der Waals surface area contributed by atoms with Gasteiger partial charge in [-0.05, 0) is 18.2 Å². The number of rotatable bonds is 3. The summed E-state index contributed by atoms with van der Waals surface area (Å²) in [6.07, 6.45) is 1.03. The van der Waals surface area contributed by atoms with Gasteiger partial charge in [-0.1, -0.05) is 11.6 Å². The van der Waals surface area contributed by atoms with Crippen molar-refractivity contribution in [2.75, 3.05) is 12.4 Å². The van der Waals surface area contributed by atoms with Crippen LogP contribution in [0.25, 0.3) is 0 Å². The predicted octanol–water partition coefficient (Wildman–Crippen LogP) is 3.77. The van der Waals surface area contributed by atoms with Crippen LogP contribution in [0.3, 0.4) is 0 Å². The highest BCUT2D eigenvalue weighted by Gasteiger charge is 2.06. The van der Waals surface area contributed by atoms with E-state index < -0.39 is 11.6 Å². The van der Waals surface area contributed by atoms with Crippen molar-refractivity contribution in [1.82, 2.24) is 4.98 Å². The van der Waals surface area contributed by atoms with Crippen LogP contribution in [-0.2, 0) is 0 Å². The first-order valence-corrected chi connectivity index (χ1v) is 5.39. The van der Waals surface area contributed by atoms with Crippen LogP contribution >= 0.6 is 11.6 Å². The van der Waals surface area contributed by atoms with Crippen LogP contribution in [0.4, 0.5) is 20.3 Å². The molecule has 3 nitrogen and oxygen atoms in total. The van der Waals surface area contributed by atoms with Crippen LogP contribution in [0.15, 0.2) is 30.5 Å². The molecule has 0 fully saturated rings. The highest BCUT2D eigenvalue weighted by atomic mass is 35.5. The van der Waals surface area contributed by atoms with E-state index in [-0.39, 0.29) is 10.8 Å².